The van der Waals surface area contributed by atoms with E-state index in [4.69, 9.17) is 15.6 Å². The maximum Gasteiger partial charge on any atom is 0.306 e. The standard InChI is InChI=1S/C16H20N2O5/c17-15(20)12-2-1-3-13(10-12)23-9-6-14(19)18-7-4-11(5-8-18)16(21)22/h1-3,10-11H,4-9H2,(H2,17,20)(H,21,22). The molecule has 2 rings (SSSR count). The van der Waals surface area contributed by atoms with Crippen LogP contribution >= 0.6 is 0 Å². The zero-order valence-corrected chi connectivity index (χ0v) is 12.7. The van der Waals surface area contributed by atoms with Gasteiger partial charge in [0.25, 0.3) is 0 Å². The van der Waals surface area contributed by atoms with E-state index in [9.17, 15) is 14.4 Å². The number of piperidine rings is 1. The lowest BCUT2D eigenvalue weighted by molar-refractivity contribution is -0.145. The molecule has 23 heavy (non-hydrogen) atoms. The molecular weight excluding hydrogens is 300 g/mol. The largest absolute Gasteiger partial charge is 0.493 e. The number of carbonyl (C=O) groups is 3. The van der Waals surface area contributed by atoms with Gasteiger partial charge in [0.05, 0.1) is 18.9 Å². The van der Waals surface area contributed by atoms with Crippen molar-refractivity contribution in [2.24, 2.45) is 11.7 Å². The number of carboxylic acids is 1. The predicted molar refractivity (Wildman–Crippen MR) is 82.0 cm³/mol. The molecule has 0 unspecified atom stereocenters. The van der Waals surface area contributed by atoms with E-state index in [0.717, 1.165) is 0 Å². The van der Waals surface area contributed by atoms with E-state index in [1.54, 1.807) is 23.1 Å². The first kappa shape index (κ1) is 16.8. The van der Waals surface area contributed by atoms with Crippen LogP contribution in [0.25, 0.3) is 0 Å². The number of benzene rings is 1. The average Bonchev–Trinajstić information content (AvgIpc) is 2.55. The number of primary amides is 1. The average molecular weight is 320 g/mol. The molecule has 7 heteroatoms. The Morgan fingerprint density at radius 3 is 2.57 bits per heavy atom. The van der Waals surface area contributed by atoms with Gasteiger partial charge in [0.15, 0.2) is 0 Å². The first-order valence-electron chi connectivity index (χ1n) is 7.50. The van der Waals surface area contributed by atoms with E-state index in [1.165, 1.54) is 6.07 Å². The van der Waals surface area contributed by atoms with E-state index >= 15 is 0 Å². The highest BCUT2D eigenvalue weighted by molar-refractivity contribution is 5.93. The zero-order chi connectivity index (χ0) is 16.8. The van der Waals surface area contributed by atoms with Crippen LogP contribution in [-0.4, -0.2) is 47.5 Å². The quantitative estimate of drug-likeness (QED) is 0.808. The van der Waals surface area contributed by atoms with E-state index in [0.29, 0.717) is 37.2 Å². The maximum atomic E-state index is 12.1. The Morgan fingerprint density at radius 1 is 1.26 bits per heavy atom. The van der Waals surface area contributed by atoms with Crippen LogP contribution in [0.2, 0.25) is 0 Å². The number of carboxylic acid groups (broad SMARTS) is 1. The molecule has 1 fully saturated rings. The van der Waals surface area contributed by atoms with Crippen LogP contribution < -0.4 is 10.5 Å². The molecule has 0 bridgehead atoms. The molecular formula is C16H20N2O5. The zero-order valence-electron chi connectivity index (χ0n) is 12.7. The molecule has 1 aliphatic rings. The van der Waals surface area contributed by atoms with Crippen molar-refractivity contribution in [3.05, 3.63) is 29.8 Å². The van der Waals surface area contributed by atoms with E-state index in [2.05, 4.69) is 0 Å². The minimum absolute atomic E-state index is 0.0557. The number of hydrogen-bond acceptors (Lipinski definition) is 4. The molecule has 1 aromatic carbocycles. The monoisotopic (exact) mass is 320 g/mol. The number of nitrogens with two attached hydrogens (primary N) is 1. The lowest BCUT2D eigenvalue weighted by Gasteiger charge is -2.30. The molecule has 0 aromatic heterocycles. The Labute approximate surface area is 134 Å². The van der Waals surface area contributed by atoms with Crippen LogP contribution in [0.1, 0.15) is 29.6 Å². The van der Waals surface area contributed by atoms with Crippen LogP contribution in [0, 0.1) is 5.92 Å². The number of ether oxygens (including phenoxy) is 1. The fourth-order valence-electron chi connectivity index (χ4n) is 2.53. The number of likely N-dealkylation sites (tertiary alicyclic amines) is 1. The Hall–Kier alpha value is -2.57. The molecule has 7 nitrogen and oxygen atoms in total. The number of nitrogens with zero attached hydrogens (tertiary/aromatic N) is 1. The third kappa shape index (κ3) is 4.70. The number of rotatable bonds is 6. The minimum atomic E-state index is -0.797. The lowest BCUT2D eigenvalue weighted by atomic mass is 9.97. The highest BCUT2D eigenvalue weighted by Crippen LogP contribution is 2.18. The summed E-state index contributed by atoms with van der Waals surface area (Å²) in [4.78, 5) is 35.7. The van der Waals surface area contributed by atoms with Crippen molar-refractivity contribution in [3.63, 3.8) is 0 Å². The predicted octanol–water partition coefficient (Wildman–Crippen LogP) is 0.878. The van der Waals surface area contributed by atoms with Crippen LogP contribution in [0.15, 0.2) is 24.3 Å². The van der Waals surface area contributed by atoms with Crippen LogP contribution in [0.5, 0.6) is 5.75 Å². The van der Waals surface area contributed by atoms with Gasteiger partial charge in [0.1, 0.15) is 5.75 Å². The molecule has 0 atom stereocenters. The number of hydrogen-bond donors (Lipinski definition) is 2. The van der Waals surface area contributed by atoms with Gasteiger partial charge in [0.2, 0.25) is 11.8 Å². The van der Waals surface area contributed by atoms with Gasteiger partial charge in [0, 0.05) is 18.7 Å². The maximum absolute atomic E-state index is 12.1. The summed E-state index contributed by atoms with van der Waals surface area (Å²) in [6.45, 7) is 1.12. The van der Waals surface area contributed by atoms with Crippen molar-refractivity contribution in [3.8, 4) is 5.75 Å². The van der Waals surface area contributed by atoms with Gasteiger partial charge in [-0.2, -0.15) is 0 Å². The molecule has 124 valence electrons. The van der Waals surface area contributed by atoms with E-state index in [-0.39, 0.29) is 24.9 Å². The summed E-state index contributed by atoms with van der Waals surface area (Å²) in [6, 6.07) is 6.47. The third-order valence-corrected chi connectivity index (χ3v) is 3.90. The topological polar surface area (TPSA) is 110 Å². The number of aliphatic carboxylic acids is 1. The van der Waals surface area contributed by atoms with Gasteiger partial charge < -0.3 is 20.5 Å². The first-order chi connectivity index (χ1) is 11.0. The summed E-state index contributed by atoms with van der Waals surface area (Å²) in [5.41, 5.74) is 5.54. The summed E-state index contributed by atoms with van der Waals surface area (Å²) in [5.74, 6) is -1.26. The molecule has 3 N–H and O–H groups in total. The van der Waals surface area contributed by atoms with Gasteiger partial charge in [-0.25, -0.2) is 0 Å². The van der Waals surface area contributed by atoms with Gasteiger partial charge in [-0.05, 0) is 31.0 Å². The summed E-state index contributed by atoms with van der Waals surface area (Å²) in [7, 11) is 0. The molecule has 1 aromatic rings. The van der Waals surface area contributed by atoms with Gasteiger partial charge in [-0.3, -0.25) is 14.4 Å². The molecule has 0 saturated carbocycles. The van der Waals surface area contributed by atoms with Crippen LogP contribution in [0.4, 0.5) is 0 Å². The van der Waals surface area contributed by atoms with Crippen molar-refractivity contribution in [1.82, 2.24) is 4.90 Å². The second-order valence-corrected chi connectivity index (χ2v) is 5.48. The normalized spacial score (nSPS) is 15.2. The lowest BCUT2D eigenvalue weighted by Crippen LogP contribution is -2.40. The number of carbonyl (C=O) groups excluding carboxylic acids is 2. The minimum Gasteiger partial charge on any atom is -0.493 e. The fourth-order valence-corrected chi connectivity index (χ4v) is 2.53. The Kier molecular flexibility index (Phi) is 5.56. The Morgan fingerprint density at radius 2 is 1.96 bits per heavy atom. The van der Waals surface area contributed by atoms with E-state index in [1.807, 2.05) is 0 Å². The molecule has 1 saturated heterocycles. The highest BCUT2D eigenvalue weighted by atomic mass is 16.5. The second-order valence-electron chi connectivity index (χ2n) is 5.48. The summed E-state index contributed by atoms with van der Waals surface area (Å²) < 4.78 is 5.47. The summed E-state index contributed by atoms with van der Waals surface area (Å²) >= 11 is 0. The Bertz CT molecular complexity index is 594. The Balaban J connectivity index is 1.76. The molecule has 0 radical (unpaired) electrons. The molecule has 1 aliphatic heterocycles. The van der Waals surface area contributed by atoms with Crippen molar-refractivity contribution in [1.29, 1.82) is 0 Å². The van der Waals surface area contributed by atoms with Gasteiger partial charge >= 0.3 is 5.97 Å². The molecule has 0 aliphatic carbocycles. The van der Waals surface area contributed by atoms with Gasteiger partial charge in [-0.1, -0.05) is 6.07 Å². The van der Waals surface area contributed by atoms with E-state index < -0.39 is 11.9 Å². The van der Waals surface area contributed by atoms with Crippen molar-refractivity contribution in [2.45, 2.75) is 19.3 Å². The fraction of sp³-hybridized carbons (Fsp3) is 0.438. The van der Waals surface area contributed by atoms with Crippen molar-refractivity contribution in [2.75, 3.05) is 19.7 Å². The molecule has 2 amide bonds. The van der Waals surface area contributed by atoms with Crippen LogP contribution in [0.3, 0.4) is 0 Å². The smallest absolute Gasteiger partial charge is 0.306 e. The SMILES string of the molecule is NC(=O)c1cccc(OCCC(=O)N2CCC(C(=O)O)CC2)c1. The van der Waals surface area contributed by atoms with Crippen LogP contribution in [-0.2, 0) is 9.59 Å². The van der Waals surface area contributed by atoms with Crippen molar-refractivity contribution < 1.29 is 24.2 Å². The van der Waals surface area contributed by atoms with Gasteiger partial charge in [-0.15, -0.1) is 0 Å². The third-order valence-electron chi connectivity index (χ3n) is 3.90. The molecule has 1 heterocycles. The molecule has 0 spiro atoms. The summed E-state index contributed by atoms with van der Waals surface area (Å²) in [6.07, 6.45) is 1.18. The summed E-state index contributed by atoms with van der Waals surface area (Å²) in [5, 5.41) is 8.94. The first-order valence-corrected chi connectivity index (χ1v) is 7.50. The number of amides is 2. The highest BCUT2D eigenvalue weighted by Gasteiger charge is 2.26. The second kappa shape index (κ2) is 7.62. The van der Waals surface area contributed by atoms with Crippen molar-refractivity contribution >= 4 is 17.8 Å².